The zero-order valence-electron chi connectivity index (χ0n) is 21.3. The highest BCUT2D eigenvalue weighted by molar-refractivity contribution is 5.97. The van der Waals surface area contributed by atoms with Gasteiger partial charge in [0, 0.05) is 20.1 Å². The molecule has 0 N–H and O–H groups in total. The lowest BCUT2D eigenvalue weighted by atomic mass is 10.0. The third-order valence-electron chi connectivity index (χ3n) is 6.77. The number of hydrogen-bond donors (Lipinski definition) is 0. The molecule has 0 saturated heterocycles. The second-order valence-corrected chi connectivity index (χ2v) is 9.48. The zero-order chi connectivity index (χ0) is 27.1. The number of hydrogen-bond acceptors (Lipinski definition) is 3. The molecule has 0 fully saturated rings. The molecule has 4 rings (SSSR count). The van der Waals surface area contributed by atoms with Gasteiger partial charge >= 0.3 is 6.18 Å². The van der Waals surface area contributed by atoms with Crippen LogP contribution < -0.4 is 4.74 Å². The summed E-state index contributed by atoms with van der Waals surface area (Å²) < 4.78 is 47.7. The predicted octanol–water partition coefficient (Wildman–Crippen LogP) is 6.09. The number of halogens is 3. The van der Waals surface area contributed by atoms with Crippen molar-refractivity contribution in [3.63, 3.8) is 0 Å². The molecule has 0 radical (unpaired) electrons. The molecule has 0 bridgehead atoms. The van der Waals surface area contributed by atoms with Crippen molar-refractivity contribution in [2.75, 3.05) is 26.7 Å². The van der Waals surface area contributed by atoms with Crippen LogP contribution in [-0.4, -0.2) is 54.4 Å². The van der Waals surface area contributed by atoms with E-state index in [0.717, 1.165) is 11.6 Å². The van der Waals surface area contributed by atoms with Crippen molar-refractivity contribution in [1.29, 1.82) is 0 Å². The first-order valence-corrected chi connectivity index (χ1v) is 12.7. The molecule has 0 unspecified atom stereocenters. The number of amides is 2. The van der Waals surface area contributed by atoms with Crippen LogP contribution in [-0.2, 0) is 12.6 Å². The largest absolute Gasteiger partial charge is 0.491 e. The van der Waals surface area contributed by atoms with E-state index in [2.05, 4.69) is 0 Å². The first-order chi connectivity index (χ1) is 18.3. The summed E-state index contributed by atoms with van der Waals surface area (Å²) in [5, 5.41) is 0. The van der Waals surface area contributed by atoms with Gasteiger partial charge in [-0.3, -0.25) is 9.59 Å². The molecule has 38 heavy (non-hydrogen) atoms. The first kappa shape index (κ1) is 27.2. The highest BCUT2D eigenvalue weighted by Gasteiger charge is 2.37. The maximum atomic E-state index is 13.8. The third-order valence-corrected chi connectivity index (χ3v) is 6.77. The fraction of sp³-hybridized carbons (Fsp3) is 0.333. The minimum absolute atomic E-state index is 0.0167. The van der Waals surface area contributed by atoms with E-state index < -0.39 is 23.7 Å². The summed E-state index contributed by atoms with van der Waals surface area (Å²) >= 11 is 0. The highest BCUT2D eigenvalue weighted by atomic mass is 19.4. The van der Waals surface area contributed by atoms with Crippen LogP contribution in [0.2, 0.25) is 0 Å². The third kappa shape index (κ3) is 6.54. The molecule has 200 valence electrons. The van der Waals surface area contributed by atoms with E-state index >= 15 is 0 Å². The number of ether oxygens (including phenoxy) is 1. The molecule has 1 aliphatic heterocycles. The summed E-state index contributed by atoms with van der Waals surface area (Å²) in [6, 6.07) is 20.7. The summed E-state index contributed by atoms with van der Waals surface area (Å²) in [5.74, 6) is -0.463. The lowest BCUT2D eigenvalue weighted by Gasteiger charge is -2.33. The van der Waals surface area contributed by atoms with Crippen molar-refractivity contribution >= 4 is 11.8 Å². The van der Waals surface area contributed by atoms with E-state index in [1.54, 1.807) is 36.2 Å². The van der Waals surface area contributed by atoms with Crippen molar-refractivity contribution in [2.45, 2.75) is 37.9 Å². The molecule has 1 aliphatic rings. The minimum Gasteiger partial charge on any atom is -0.491 e. The standard InChI is InChI=1S/C30H31F3N2O3/c1-34-18-10-3-11-19-35(29(37)24-14-6-8-16-26(24)30(31,32)33)23(20-22-12-4-2-5-13-22)21-38-27-17-9-7-15-25(27)28(34)36/h2,4-9,12-17,23H,3,10-11,18-21H2,1H3/t23-/m1/s1. The molecule has 0 aliphatic carbocycles. The SMILES string of the molecule is CN1CCCCCN(C(=O)c2ccccc2C(F)(F)F)[C@H](Cc2ccccc2)COc2ccccc2C1=O. The van der Waals surface area contributed by atoms with Crippen LogP contribution in [0.15, 0.2) is 78.9 Å². The number of rotatable bonds is 3. The zero-order valence-corrected chi connectivity index (χ0v) is 21.3. The Morgan fingerprint density at radius 3 is 2.32 bits per heavy atom. The van der Waals surface area contributed by atoms with Gasteiger partial charge in [-0.05, 0) is 55.5 Å². The van der Waals surface area contributed by atoms with Gasteiger partial charge in [0.2, 0.25) is 0 Å². The Balaban J connectivity index is 1.74. The van der Waals surface area contributed by atoms with E-state index in [0.29, 0.717) is 43.5 Å². The van der Waals surface area contributed by atoms with Crippen LogP contribution in [0.1, 0.15) is 51.1 Å². The average Bonchev–Trinajstić information content (AvgIpc) is 2.93. The van der Waals surface area contributed by atoms with Crippen LogP contribution in [0, 0.1) is 0 Å². The van der Waals surface area contributed by atoms with Gasteiger partial charge in [-0.25, -0.2) is 0 Å². The lowest BCUT2D eigenvalue weighted by Crippen LogP contribution is -2.46. The molecule has 1 heterocycles. The van der Waals surface area contributed by atoms with Gasteiger partial charge < -0.3 is 14.5 Å². The maximum absolute atomic E-state index is 13.8. The van der Waals surface area contributed by atoms with Gasteiger partial charge in [-0.15, -0.1) is 0 Å². The Labute approximate surface area is 220 Å². The quantitative estimate of drug-likeness (QED) is 0.417. The van der Waals surface area contributed by atoms with E-state index in [1.165, 1.54) is 23.1 Å². The predicted molar refractivity (Wildman–Crippen MR) is 139 cm³/mol. The number of carbonyl (C=O) groups excluding carboxylic acids is 2. The fourth-order valence-corrected chi connectivity index (χ4v) is 4.74. The number of carbonyl (C=O) groups is 2. The monoisotopic (exact) mass is 524 g/mol. The molecule has 3 aromatic rings. The van der Waals surface area contributed by atoms with Crippen molar-refractivity contribution in [2.24, 2.45) is 0 Å². The Morgan fingerprint density at radius 1 is 0.895 bits per heavy atom. The summed E-state index contributed by atoms with van der Waals surface area (Å²) in [7, 11) is 1.74. The van der Waals surface area contributed by atoms with Gasteiger partial charge in [0.25, 0.3) is 11.8 Å². The van der Waals surface area contributed by atoms with Crippen LogP contribution in [0.3, 0.4) is 0 Å². The topological polar surface area (TPSA) is 49.9 Å². The molecular weight excluding hydrogens is 493 g/mol. The molecule has 0 saturated carbocycles. The van der Waals surface area contributed by atoms with Crippen LogP contribution >= 0.6 is 0 Å². The summed E-state index contributed by atoms with van der Waals surface area (Å²) in [6.45, 7) is 0.805. The fourth-order valence-electron chi connectivity index (χ4n) is 4.74. The van der Waals surface area contributed by atoms with Gasteiger partial charge in [-0.1, -0.05) is 54.6 Å². The van der Waals surface area contributed by atoms with Crippen molar-refractivity contribution in [3.8, 4) is 5.75 Å². The number of para-hydroxylation sites is 1. The summed E-state index contributed by atoms with van der Waals surface area (Å²) in [4.78, 5) is 30.0. The summed E-state index contributed by atoms with van der Waals surface area (Å²) in [5.41, 5.74) is 0.00646. The smallest absolute Gasteiger partial charge is 0.417 e. The minimum atomic E-state index is -4.66. The second kappa shape index (κ2) is 12.2. The van der Waals surface area contributed by atoms with Crippen molar-refractivity contribution in [3.05, 3.63) is 101 Å². The van der Waals surface area contributed by atoms with Crippen LogP contribution in [0.25, 0.3) is 0 Å². The molecule has 2 amide bonds. The Morgan fingerprint density at radius 2 is 1.55 bits per heavy atom. The van der Waals surface area contributed by atoms with Gasteiger partial charge in [0.15, 0.2) is 0 Å². The molecule has 0 aromatic heterocycles. The number of benzene rings is 3. The van der Waals surface area contributed by atoms with Gasteiger partial charge in [0.1, 0.15) is 12.4 Å². The Hall–Kier alpha value is -3.81. The molecule has 0 spiro atoms. The second-order valence-electron chi connectivity index (χ2n) is 9.48. The number of nitrogens with zero attached hydrogens (tertiary/aromatic N) is 2. The van der Waals surface area contributed by atoms with Crippen molar-refractivity contribution < 1.29 is 27.5 Å². The first-order valence-electron chi connectivity index (χ1n) is 12.7. The lowest BCUT2D eigenvalue weighted by molar-refractivity contribution is -0.138. The van der Waals surface area contributed by atoms with E-state index in [1.807, 2.05) is 30.3 Å². The molecule has 8 heteroatoms. The van der Waals surface area contributed by atoms with Crippen LogP contribution in [0.4, 0.5) is 13.2 Å². The summed E-state index contributed by atoms with van der Waals surface area (Å²) in [6.07, 6.45) is -2.28. The highest BCUT2D eigenvalue weighted by Crippen LogP contribution is 2.33. The Bertz CT molecular complexity index is 1250. The number of fused-ring (bicyclic) bond motifs is 1. The van der Waals surface area contributed by atoms with E-state index in [-0.39, 0.29) is 24.6 Å². The average molecular weight is 525 g/mol. The molecular formula is C30H31F3N2O3. The van der Waals surface area contributed by atoms with E-state index in [9.17, 15) is 22.8 Å². The molecule has 1 atom stereocenters. The maximum Gasteiger partial charge on any atom is 0.417 e. The van der Waals surface area contributed by atoms with Crippen LogP contribution in [0.5, 0.6) is 5.75 Å². The number of alkyl halides is 3. The molecule has 3 aromatic carbocycles. The van der Waals surface area contributed by atoms with Crippen molar-refractivity contribution in [1.82, 2.24) is 9.80 Å². The molecule has 5 nitrogen and oxygen atoms in total. The van der Waals surface area contributed by atoms with Gasteiger partial charge in [0.05, 0.1) is 22.7 Å². The van der Waals surface area contributed by atoms with E-state index in [4.69, 9.17) is 4.74 Å². The van der Waals surface area contributed by atoms with Gasteiger partial charge in [-0.2, -0.15) is 13.2 Å². The Kier molecular flexibility index (Phi) is 8.71. The normalized spacial score (nSPS) is 17.5.